The van der Waals surface area contributed by atoms with Gasteiger partial charge in [0.25, 0.3) is 5.56 Å². The highest BCUT2D eigenvalue weighted by Gasteiger charge is 2.21. The van der Waals surface area contributed by atoms with Crippen LogP contribution in [0.5, 0.6) is 5.75 Å². The Balaban J connectivity index is 1.71. The summed E-state index contributed by atoms with van der Waals surface area (Å²) < 4.78 is 9.96. The Morgan fingerprint density at radius 3 is 2.68 bits per heavy atom. The van der Waals surface area contributed by atoms with Gasteiger partial charge in [-0.2, -0.15) is 0 Å². The van der Waals surface area contributed by atoms with E-state index in [2.05, 4.69) is 33.8 Å². The Bertz CT molecular complexity index is 1630. The molecular weight excluding hydrogens is 446 g/mol. The van der Waals surface area contributed by atoms with Crippen LogP contribution in [-0.2, 0) is 13.7 Å². The Labute approximate surface area is 201 Å². The standard InChI is InChI=1S/C28H22ClN3O2/c1-17-14-32(16-30-17)28-19-6-8-25(29)21(10-19)15-34-22-5-3-4-18(11-22)23-13-27(33)31(2)26-9-7-20(28)12-24(23)26/h3-14,16,28H,15H2,1-2H3/t28-/m0/s1. The molecule has 0 N–H and O–H groups in total. The van der Waals surface area contributed by atoms with Gasteiger partial charge >= 0.3 is 0 Å². The normalized spacial score (nSPS) is 14.9. The van der Waals surface area contributed by atoms with E-state index in [1.165, 1.54) is 0 Å². The zero-order chi connectivity index (χ0) is 23.4. The molecule has 0 radical (unpaired) electrons. The summed E-state index contributed by atoms with van der Waals surface area (Å²) in [5.74, 6) is 0.727. The molecule has 168 valence electrons. The molecule has 1 aliphatic heterocycles. The Morgan fingerprint density at radius 1 is 1.03 bits per heavy atom. The van der Waals surface area contributed by atoms with Gasteiger partial charge in [0, 0.05) is 35.3 Å². The highest BCUT2D eigenvalue weighted by molar-refractivity contribution is 6.31. The first-order valence-electron chi connectivity index (χ1n) is 11.1. The van der Waals surface area contributed by atoms with E-state index in [1.807, 2.05) is 62.9 Å². The molecule has 5 nitrogen and oxygen atoms in total. The van der Waals surface area contributed by atoms with Crippen LogP contribution in [0.4, 0.5) is 0 Å². The molecule has 0 spiro atoms. The van der Waals surface area contributed by atoms with Crippen molar-refractivity contribution in [2.45, 2.75) is 19.6 Å². The number of aryl methyl sites for hydroxylation is 2. The van der Waals surface area contributed by atoms with Gasteiger partial charge in [-0.05, 0) is 65.6 Å². The fourth-order valence-corrected chi connectivity index (χ4v) is 4.97. The molecule has 0 unspecified atom stereocenters. The zero-order valence-corrected chi connectivity index (χ0v) is 19.6. The van der Waals surface area contributed by atoms with Gasteiger partial charge in [0.2, 0.25) is 0 Å². The molecule has 0 saturated heterocycles. The molecule has 6 bridgehead atoms. The first-order chi connectivity index (χ1) is 16.5. The van der Waals surface area contributed by atoms with Gasteiger partial charge in [-0.15, -0.1) is 0 Å². The minimum atomic E-state index is -0.115. The van der Waals surface area contributed by atoms with E-state index in [0.29, 0.717) is 11.6 Å². The summed E-state index contributed by atoms with van der Waals surface area (Å²) in [6.07, 6.45) is 3.90. The number of ether oxygens (including phenoxy) is 1. The van der Waals surface area contributed by atoms with Crippen molar-refractivity contribution in [3.8, 4) is 16.9 Å². The summed E-state index contributed by atoms with van der Waals surface area (Å²) in [6.45, 7) is 2.33. The number of rotatable bonds is 1. The maximum atomic E-state index is 12.8. The second-order valence-corrected chi connectivity index (χ2v) is 9.17. The maximum absolute atomic E-state index is 12.8. The van der Waals surface area contributed by atoms with Crippen LogP contribution in [0.25, 0.3) is 22.0 Å². The maximum Gasteiger partial charge on any atom is 0.251 e. The third-order valence-electron chi connectivity index (χ3n) is 6.54. The van der Waals surface area contributed by atoms with Gasteiger partial charge in [-0.3, -0.25) is 4.79 Å². The summed E-state index contributed by atoms with van der Waals surface area (Å²) in [7, 11) is 1.81. The zero-order valence-electron chi connectivity index (χ0n) is 18.8. The molecule has 6 rings (SSSR count). The number of halogens is 1. The third kappa shape index (κ3) is 3.40. The van der Waals surface area contributed by atoms with E-state index in [4.69, 9.17) is 16.3 Å². The quantitative estimate of drug-likeness (QED) is 0.308. The van der Waals surface area contributed by atoms with Crippen molar-refractivity contribution in [2.75, 3.05) is 0 Å². The summed E-state index contributed by atoms with van der Waals surface area (Å²) in [6, 6.07) is 21.9. The van der Waals surface area contributed by atoms with E-state index in [9.17, 15) is 4.79 Å². The molecule has 1 aliphatic rings. The molecular formula is C28H22ClN3O2. The van der Waals surface area contributed by atoms with Crippen LogP contribution in [-0.4, -0.2) is 14.1 Å². The molecule has 34 heavy (non-hydrogen) atoms. The van der Waals surface area contributed by atoms with E-state index in [0.717, 1.165) is 50.2 Å². The van der Waals surface area contributed by atoms with Crippen molar-refractivity contribution in [1.29, 1.82) is 0 Å². The lowest BCUT2D eigenvalue weighted by molar-refractivity contribution is 0.306. The van der Waals surface area contributed by atoms with E-state index < -0.39 is 0 Å². The number of pyridine rings is 1. The monoisotopic (exact) mass is 467 g/mol. The van der Waals surface area contributed by atoms with Crippen LogP contribution >= 0.6 is 11.6 Å². The summed E-state index contributed by atoms with van der Waals surface area (Å²) in [5, 5.41) is 1.67. The molecule has 6 heteroatoms. The number of aromatic nitrogens is 3. The lowest BCUT2D eigenvalue weighted by atomic mass is 9.93. The van der Waals surface area contributed by atoms with Crippen LogP contribution in [0, 0.1) is 6.92 Å². The second-order valence-electron chi connectivity index (χ2n) is 8.76. The number of fused-ring (bicyclic) bond motifs is 6. The van der Waals surface area contributed by atoms with Crippen LogP contribution in [0.3, 0.4) is 0 Å². The highest BCUT2D eigenvalue weighted by atomic mass is 35.5. The van der Waals surface area contributed by atoms with E-state index in [-0.39, 0.29) is 11.6 Å². The molecule has 0 aliphatic carbocycles. The van der Waals surface area contributed by atoms with E-state index >= 15 is 0 Å². The predicted octanol–water partition coefficient (Wildman–Crippen LogP) is 5.89. The molecule has 3 aromatic carbocycles. The average molecular weight is 468 g/mol. The Kier molecular flexibility index (Phi) is 4.82. The highest BCUT2D eigenvalue weighted by Crippen LogP contribution is 2.36. The SMILES string of the molecule is Cc1cn([C@H]2c3ccc(Cl)c(c3)COc3cccc(c3)-c3cc(=O)n(C)c4ccc2cc34)cn1. The first-order valence-corrected chi connectivity index (χ1v) is 11.5. The van der Waals surface area contributed by atoms with Crippen molar-refractivity contribution in [2.24, 2.45) is 7.05 Å². The lowest BCUT2D eigenvalue weighted by Gasteiger charge is -2.22. The van der Waals surface area contributed by atoms with Crippen LogP contribution in [0.1, 0.15) is 28.4 Å². The van der Waals surface area contributed by atoms with Crippen LogP contribution in [0.15, 0.2) is 84.0 Å². The number of hydrogen-bond donors (Lipinski definition) is 0. The third-order valence-corrected chi connectivity index (χ3v) is 6.91. The smallest absolute Gasteiger partial charge is 0.251 e. The molecule has 5 aromatic rings. The summed E-state index contributed by atoms with van der Waals surface area (Å²) in [5.41, 5.74) is 6.68. The molecule has 2 aromatic heterocycles. The molecule has 0 saturated carbocycles. The van der Waals surface area contributed by atoms with Gasteiger partial charge in [-0.1, -0.05) is 35.9 Å². The van der Waals surface area contributed by atoms with Gasteiger partial charge in [-0.25, -0.2) is 4.98 Å². The average Bonchev–Trinajstić information content (AvgIpc) is 3.27. The Morgan fingerprint density at radius 2 is 1.85 bits per heavy atom. The Hall–Kier alpha value is -3.83. The van der Waals surface area contributed by atoms with Crippen molar-refractivity contribution in [3.05, 3.63) is 117 Å². The number of hydrogen-bond acceptors (Lipinski definition) is 3. The van der Waals surface area contributed by atoms with Crippen molar-refractivity contribution in [1.82, 2.24) is 14.1 Å². The predicted molar refractivity (Wildman–Crippen MR) is 135 cm³/mol. The lowest BCUT2D eigenvalue weighted by Crippen LogP contribution is -2.17. The number of imidazole rings is 1. The van der Waals surface area contributed by atoms with Crippen molar-refractivity contribution < 1.29 is 4.74 Å². The summed E-state index contributed by atoms with van der Waals surface area (Å²) >= 11 is 6.56. The largest absolute Gasteiger partial charge is 0.489 e. The van der Waals surface area contributed by atoms with Crippen LogP contribution in [0.2, 0.25) is 5.02 Å². The molecule has 0 fully saturated rings. The second kappa shape index (κ2) is 7.89. The van der Waals surface area contributed by atoms with Gasteiger partial charge in [0.05, 0.1) is 23.6 Å². The van der Waals surface area contributed by atoms with Crippen molar-refractivity contribution in [3.63, 3.8) is 0 Å². The molecule has 1 atom stereocenters. The van der Waals surface area contributed by atoms with E-state index in [1.54, 1.807) is 10.6 Å². The molecule has 0 amide bonds. The number of nitrogens with zero attached hydrogens (tertiary/aromatic N) is 3. The first kappa shape index (κ1) is 20.8. The fourth-order valence-electron chi connectivity index (χ4n) is 4.80. The topological polar surface area (TPSA) is 49.0 Å². The number of benzene rings is 3. The minimum absolute atomic E-state index is 0.0499. The van der Waals surface area contributed by atoms with Crippen molar-refractivity contribution >= 4 is 22.5 Å². The van der Waals surface area contributed by atoms with Gasteiger partial charge in [0.15, 0.2) is 0 Å². The van der Waals surface area contributed by atoms with Crippen LogP contribution < -0.4 is 10.3 Å². The van der Waals surface area contributed by atoms with Gasteiger partial charge in [0.1, 0.15) is 12.4 Å². The molecule has 3 heterocycles. The fraction of sp³-hybridized carbons (Fsp3) is 0.143. The van der Waals surface area contributed by atoms with Gasteiger partial charge < -0.3 is 13.9 Å². The summed E-state index contributed by atoms with van der Waals surface area (Å²) in [4.78, 5) is 17.3. The minimum Gasteiger partial charge on any atom is -0.489 e.